The number of rotatable bonds is 7. The zero-order chi connectivity index (χ0) is 28.8. The lowest BCUT2D eigenvalue weighted by atomic mass is 9.93. The maximum absolute atomic E-state index is 4.37. The lowest BCUT2D eigenvalue weighted by Gasteiger charge is -2.28. The Balaban J connectivity index is 1.38. The van der Waals surface area contributed by atoms with Crippen molar-refractivity contribution >= 4 is 16.9 Å². The lowest BCUT2D eigenvalue weighted by Crippen LogP contribution is -2.19. The highest BCUT2D eigenvalue weighted by Gasteiger charge is 2.18. The largest absolute Gasteiger partial charge is 0.379 e. The number of fused-ring (bicyclic) bond motifs is 1. The summed E-state index contributed by atoms with van der Waals surface area (Å²) in [5.74, 6) is 0. The average Bonchev–Trinajstić information content (AvgIpc) is 2.99. The summed E-state index contributed by atoms with van der Waals surface area (Å²) < 4.78 is 0. The predicted octanol–water partition coefficient (Wildman–Crippen LogP) is 10.3. The molecule has 1 heterocycles. The van der Waals surface area contributed by atoms with Crippen LogP contribution in [0, 0.1) is 13.8 Å². The summed E-state index contributed by atoms with van der Waals surface area (Å²) in [7, 11) is 0. The molecule has 0 saturated carbocycles. The number of allylic oxidation sites excluding steroid dienone is 10. The van der Waals surface area contributed by atoms with Crippen molar-refractivity contribution in [3.05, 3.63) is 174 Å². The van der Waals surface area contributed by atoms with Crippen molar-refractivity contribution in [1.82, 2.24) is 0 Å². The first-order chi connectivity index (χ1) is 20.0. The fourth-order valence-electron chi connectivity index (χ4n) is 5.44. The summed E-state index contributed by atoms with van der Waals surface area (Å²) in [6.45, 7) is 14.7. The molecule has 0 fully saturated rings. The molecule has 5 rings (SSSR count). The highest BCUT2D eigenvalue weighted by molar-refractivity contribution is 5.85. The van der Waals surface area contributed by atoms with E-state index < -0.39 is 0 Å². The van der Waals surface area contributed by atoms with E-state index in [2.05, 4.69) is 160 Å². The standard InChI is InChI=1S/C39H38N2/c1-6-8-14-35(7-2)41-27-32(19-18-29(4)38-16-11-12-17-39(38)41)31-20-22-33(23-21-31)40-34-24-25-37(30(5)26-34)36-15-10-9-13-28(36)3/h6-22,24-27,33,40H,1,4,23H2,2-3,5H3/b14-8-,19-18-,32-27+,35-7+. The highest BCUT2D eigenvalue weighted by Crippen LogP contribution is 2.35. The number of hydrogen-bond donors (Lipinski definition) is 1. The molecule has 2 nitrogen and oxygen atoms in total. The number of hydrogen-bond acceptors (Lipinski definition) is 2. The second kappa shape index (κ2) is 12.6. The third kappa shape index (κ3) is 6.18. The van der Waals surface area contributed by atoms with Gasteiger partial charge in [-0.1, -0.05) is 110 Å². The number of nitrogens with one attached hydrogen (secondary N) is 1. The van der Waals surface area contributed by atoms with Gasteiger partial charge in [0.1, 0.15) is 0 Å². The Morgan fingerprint density at radius 3 is 2.34 bits per heavy atom. The molecule has 0 aromatic heterocycles. The van der Waals surface area contributed by atoms with Crippen LogP contribution in [0.4, 0.5) is 11.4 Å². The highest BCUT2D eigenvalue weighted by atomic mass is 15.1. The van der Waals surface area contributed by atoms with E-state index in [1.807, 2.05) is 6.08 Å². The van der Waals surface area contributed by atoms with Crippen molar-refractivity contribution in [2.75, 3.05) is 10.2 Å². The van der Waals surface area contributed by atoms with Crippen molar-refractivity contribution in [2.24, 2.45) is 0 Å². The second-order valence-electron chi connectivity index (χ2n) is 10.5. The van der Waals surface area contributed by atoms with Gasteiger partial charge in [0.05, 0.1) is 5.69 Å². The first kappa shape index (κ1) is 27.7. The van der Waals surface area contributed by atoms with Gasteiger partial charge in [0.15, 0.2) is 0 Å². The number of nitrogens with zero attached hydrogens (tertiary/aromatic N) is 1. The van der Waals surface area contributed by atoms with E-state index in [4.69, 9.17) is 0 Å². The van der Waals surface area contributed by atoms with Crippen LogP contribution in [0.3, 0.4) is 0 Å². The Kier molecular flexibility index (Phi) is 8.50. The van der Waals surface area contributed by atoms with Crippen molar-refractivity contribution in [2.45, 2.75) is 33.2 Å². The van der Waals surface area contributed by atoms with E-state index in [9.17, 15) is 0 Å². The number of aryl methyl sites for hydroxylation is 2. The molecular formula is C39H38N2. The van der Waals surface area contributed by atoms with Crippen LogP contribution < -0.4 is 10.2 Å². The van der Waals surface area contributed by atoms with Gasteiger partial charge in [-0.25, -0.2) is 0 Å². The van der Waals surface area contributed by atoms with Crippen LogP contribution in [0.25, 0.3) is 16.7 Å². The molecule has 0 spiro atoms. The summed E-state index contributed by atoms with van der Waals surface area (Å²) in [6.07, 6.45) is 22.2. The second-order valence-corrected chi connectivity index (χ2v) is 10.5. The number of anilines is 2. The molecule has 3 aromatic carbocycles. The van der Waals surface area contributed by atoms with Crippen molar-refractivity contribution in [3.8, 4) is 11.1 Å². The van der Waals surface area contributed by atoms with Crippen molar-refractivity contribution < 1.29 is 0 Å². The first-order valence-electron chi connectivity index (χ1n) is 14.2. The number of para-hydroxylation sites is 1. The van der Waals surface area contributed by atoms with Crippen molar-refractivity contribution in [3.63, 3.8) is 0 Å². The molecule has 1 aliphatic carbocycles. The third-order valence-electron chi connectivity index (χ3n) is 7.67. The fraction of sp³-hybridized carbons (Fsp3) is 0.128. The van der Waals surface area contributed by atoms with Gasteiger partial charge in [-0.2, -0.15) is 0 Å². The molecule has 0 saturated heterocycles. The molecule has 41 heavy (non-hydrogen) atoms. The average molecular weight is 535 g/mol. The van der Waals surface area contributed by atoms with Crippen LogP contribution in [-0.4, -0.2) is 6.04 Å². The van der Waals surface area contributed by atoms with Gasteiger partial charge in [-0.3, -0.25) is 0 Å². The van der Waals surface area contributed by atoms with Gasteiger partial charge in [0, 0.05) is 29.2 Å². The van der Waals surface area contributed by atoms with Crippen LogP contribution in [-0.2, 0) is 0 Å². The first-order valence-corrected chi connectivity index (χ1v) is 14.2. The third-order valence-corrected chi connectivity index (χ3v) is 7.67. The minimum absolute atomic E-state index is 0.231. The Morgan fingerprint density at radius 1 is 0.878 bits per heavy atom. The molecule has 2 aliphatic rings. The smallest absolute Gasteiger partial charge is 0.0533 e. The lowest BCUT2D eigenvalue weighted by molar-refractivity contribution is 0.875. The van der Waals surface area contributed by atoms with E-state index >= 15 is 0 Å². The molecule has 1 unspecified atom stereocenters. The predicted molar refractivity (Wildman–Crippen MR) is 179 cm³/mol. The topological polar surface area (TPSA) is 15.3 Å². The Labute approximate surface area is 245 Å². The van der Waals surface area contributed by atoms with Gasteiger partial charge in [-0.05, 0) is 90.4 Å². The molecule has 1 aliphatic heterocycles. The van der Waals surface area contributed by atoms with Crippen LogP contribution in [0.15, 0.2) is 158 Å². The van der Waals surface area contributed by atoms with Gasteiger partial charge < -0.3 is 10.2 Å². The molecule has 3 aromatic rings. The van der Waals surface area contributed by atoms with Crippen LogP contribution in [0.5, 0.6) is 0 Å². The van der Waals surface area contributed by atoms with E-state index in [1.165, 1.54) is 27.8 Å². The molecular weight excluding hydrogens is 496 g/mol. The SMILES string of the molecule is C=C/C=C\C(=C/C)N1/C=C(C2=CCC(Nc3ccc(-c4ccccc4C)c(C)c3)C=C2)\C=C/C(=C)c2ccccc21. The summed E-state index contributed by atoms with van der Waals surface area (Å²) in [5.41, 5.74) is 12.9. The molecule has 1 atom stereocenters. The quantitative estimate of drug-likeness (QED) is 0.303. The zero-order valence-corrected chi connectivity index (χ0v) is 24.3. The van der Waals surface area contributed by atoms with Gasteiger partial charge in [0.25, 0.3) is 0 Å². The Hall–Kier alpha value is -4.82. The molecule has 1 N–H and O–H groups in total. The van der Waals surface area contributed by atoms with Crippen molar-refractivity contribution in [1.29, 1.82) is 0 Å². The van der Waals surface area contributed by atoms with Gasteiger partial charge >= 0.3 is 0 Å². The van der Waals surface area contributed by atoms with Crippen LogP contribution >= 0.6 is 0 Å². The summed E-state index contributed by atoms with van der Waals surface area (Å²) >= 11 is 0. The van der Waals surface area contributed by atoms with E-state index in [0.717, 1.165) is 40.2 Å². The molecule has 0 bridgehead atoms. The van der Waals surface area contributed by atoms with Gasteiger partial charge in [-0.15, -0.1) is 0 Å². The normalized spacial score (nSPS) is 19.1. The summed E-state index contributed by atoms with van der Waals surface area (Å²) in [5, 5.41) is 3.72. The summed E-state index contributed by atoms with van der Waals surface area (Å²) in [6, 6.07) is 23.9. The molecule has 0 amide bonds. The van der Waals surface area contributed by atoms with E-state index in [-0.39, 0.29) is 6.04 Å². The number of benzene rings is 3. The Morgan fingerprint density at radius 2 is 1.63 bits per heavy atom. The minimum atomic E-state index is 0.231. The fourth-order valence-corrected chi connectivity index (χ4v) is 5.44. The van der Waals surface area contributed by atoms with E-state index in [0.29, 0.717) is 0 Å². The summed E-state index contributed by atoms with van der Waals surface area (Å²) in [4.78, 5) is 2.25. The molecule has 2 heteroatoms. The van der Waals surface area contributed by atoms with E-state index in [1.54, 1.807) is 6.08 Å². The maximum atomic E-state index is 4.37. The zero-order valence-electron chi connectivity index (χ0n) is 24.3. The van der Waals surface area contributed by atoms with Crippen LogP contribution in [0.1, 0.15) is 30.0 Å². The minimum Gasteiger partial charge on any atom is -0.379 e. The monoisotopic (exact) mass is 534 g/mol. The Bertz CT molecular complexity index is 1650. The molecule has 0 radical (unpaired) electrons. The molecule has 204 valence electrons. The van der Waals surface area contributed by atoms with Gasteiger partial charge in [0.2, 0.25) is 0 Å². The van der Waals surface area contributed by atoms with Crippen LogP contribution in [0.2, 0.25) is 0 Å². The maximum Gasteiger partial charge on any atom is 0.0533 e.